The molecule has 0 heterocycles. The molecule has 0 aliphatic rings. The van der Waals surface area contributed by atoms with Gasteiger partial charge in [0, 0.05) is 0 Å². The molecule has 120 valence electrons. The average molecular weight is 309 g/mol. The molecule has 1 aromatic carbocycles. The number of rotatable bonds is 13. The Bertz CT molecular complexity index is 319. The van der Waals surface area contributed by atoms with Gasteiger partial charge in [0.2, 0.25) is 0 Å². The van der Waals surface area contributed by atoms with Gasteiger partial charge in [-0.1, -0.05) is 70.6 Å². The topological polar surface area (TPSA) is 18.5 Å². The second-order valence-corrected chi connectivity index (χ2v) is 8.38. The monoisotopic (exact) mass is 308 g/mol. The summed E-state index contributed by atoms with van der Waals surface area (Å²) in [5, 5.41) is 0. The lowest BCUT2D eigenvalue weighted by Crippen LogP contribution is -2.21. The van der Waals surface area contributed by atoms with Crippen LogP contribution in [0.25, 0.3) is 0 Å². The van der Waals surface area contributed by atoms with Gasteiger partial charge < -0.3 is 9.16 Å². The van der Waals surface area contributed by atoms with Crippen molar-refractivity contribution in [2.24, 2.45) is 0 Å². The van der Waals surface area contributed by atoms with E-state index in [-0.39, 0.29) is 0 Å². The smallest absolute Gasteiger partial charge is 0.177 e. The highest BCUT2D eigenvalue weighted by Gasteiger charge is 2.11. The SMILES string of the molecule is CCCCC[SiH](CCCCC)OCCOc1ccccc1. The molecule has 1 aromatic rings. The fraction of sp³-hybridized carbons (Fsp3) is 0.667. The molecule has 0 unspecified atom stereocenters. The highest BCUT2D eigenvalue weighted by molar-refractivity contribution is 6.51. The molecule has 0 aliphatic heterocycles. The van der Waals surface area contributed by atoms with Gasteiger partial charge >= 0.3 is 0 Å². The predicted octanol–water partition coefficient (Wildman–Crippen LogP) is 5.19. The van der Waals surface area contributed by atoms with Crippen LogP contribution in [0.2, 0.25) is 12.1 Å². The van der Waals surface area contributed by atoms with Gasteiger partial charge in [0.1, 0.15) is 12.4 Å². The van der Waals surface area contributed by atoms with Crippen molar-refractivity contribution in [2.45, 2.75) is 64.5 Å². The fourth-order valence-corrected chi connectivity index (χ4v) is 4.99. The van der Waals surface area contributed by atoms with E-state index >= 15 is 0 Å². The van der Waals surface area contributed by atoms with Crippen LogP contribution >= 0.6 is 0 Å². The van der Waals surface area contributed by atoms with E-state index in [0.717, 1.165) is 12.4 Å². The first-order chi connectivity index (χ1) is 10.4. The van der Waals surface area contributed by atoms with Crippen LogP contribution in [0.1, 0.15) is 52.4 Å². The van der Waals surface area contributed by atoms with E-state index in [0.29, 0.717) is 6.61 Å². The molecule has 0 fully saturated rings. The van der Waals surface area contributed by atoms with Crippen LogP contribution < -0.4 is 4.74 Å². The van der Waals surface area contributed by atoms with E-state index in [4.69, 9.17) is 9.16 Å². The Morgan fingerprint density at radius 3 is 2.00 bits per heavy atom. The van der Waals surface area contributed by atoms with Gasteiger partial charge in [-0.15, -0.1) is 0 Å². The number of ether oxygens (including phenoxy) is 1. The Balaban J connectivity index is 2.17. The quantitative estimate of drug-likeness (QED) is 0.369. The first kappa shape index (κ1) is 18.2. The Labute approximate surface area is 132 Å². The lowest BCUT2D eigenvalue weighted by Gasteiger charge is -2.16. The molecule has 0 aromatic heterocycles. The molecule has 0 amide bonds. The van der Waals surface area contributed by atoms with Crippen molar-refractivity contribution in [3.8, 4) is 5.75 Å². The average Bonchev–Trinajstić information content (AvgIpc) is 2.52. The molecule has 2 nitrogen and oxygen atoms in total. The molecule has 0 saturated carbocycles. The van der Waals surface area contributed by atoms with E-state index in [1.54, 1.807) is 0 Å². The largest absolute Gasteiger partial charge is 0.491 e. The molecule has 0 N–H and O–H groups in total. The van der Waals surface area contributed by atoms with Crippen molar-refractivity contribution in [1.29, 1.82) is 0 Å². The zero-order valence-electron chi connectivity index (χ0n) is 13.9. The van der Waals surface area contributed by atoms with Crippen LogP contribution in [-0.2, 0) is 4.43 Å². The summed E-state index contributed by atoms with van der Waals surface area (Å²) in [5.74, 6) is 0.941. The standard InChI is InChI=1S/C18H32O2Si/c1-3-5-10-16-21(17-11-6-4-2)20-15-14-19-18-12-8-7-9-13-18/h7-9,12-13,21H,3-6,10-11,14-17H2,1-2H3. The molecule has 21 heavy (non-hydrogen) atoms. The lowest BCUT2D eigenvalue weighted by molar-refractivity contribution is 0.215. The van der Waals surface area contributed by atoms with Gasteiger partial charge in [0.05, 0.1) is 6.61 Å². The maximum Gasteiger partial charge on any atom is 0.177 e. The summed E-state index contributed by atoms with van der Waals surface area (Å²) >= 11 is 0. The molecule has 0 aliphatic carbocycles. The van der Waals surface area contributed by atoms with Crippen molar-refractivity contribution in [1.82, 2.24) is 0 Å². The third-order valence-electron chi connectivity index (χ3n) is 3.71. The van der Waals surface area contributed by atoms with E-state index in [2.05, 4.69) is 13.8 Å². The molecular formula is C18H32O2Si. The minimum atomic E-state index is -1.00. The van der Waals surface area contributed by atoms with Gasteiger partial charge in [-0.2, -0.15) is 0 Å². The van der Waals surface area contributed by atoms with E-state index in [1.807, 2.05) is 30.3 Å². The lowest BCUT2D eigenvalue weighted by atomic mass is 10.3. The summed E-state index contributed by atoms with van der Waals surface area (Å²) in [6.45, 7) is 5.96. The summed E-state index contributed by atoms with van der Waals surface area (Å²) in [6, 6.07) is 12.7. The van der Waals surface area contributed by atoms with Gasteiger partial charge in [0.25, 0.3) is 0 Å². The predicted molar refractivity (Wildman–Crippen MR) is 93.7 cm³/mol. The molecule has 0 atom stereocenters. The van der Waals surface area contributed by atoms with Gasteiger partial charge in [-0.3, -0.25) is 0 Å². The molecule has 3 heteroatoms. The van der Waals surface area contributed by atoms with Crippen molar-refractivity contribution in [2.75, 3.05) is 13.2 Å². The summed E-state index contributed by atoms with van der Waals surface area (Å²) in [5.41, 5.74) is 0. The van der Waals surface area contributed by atoms with Gasteiger partial charge in [-0.25, -0.2) is 0 Å². The summed E-state index contributed by atoms with van der Waals surface area (Å²) < 4.78 is 11.9. The summed E-state index contributed by atoms with van der Waals surface area (Å²) in [4.78, 5) is 0. The number of unbranched alkanes of at least 4 members (excludes halogenated alkanes) is 4. The summed E-state index contributed by atoms with van der Waals surface area (Å²) in [6.07, 6.45) is 7.99. The third-order valence-corrected chi connectivity index (χ3v) is 6.52. The minimum Gasteiger partial charge on any atom is -0.491 e. The minimum absolute atomic E-state index is 0.676. The normalized spacial score (nSPS) is 11.0. The summed E-state index contributed by atoms with van der Waals surface area (Å²) in [7, 11) is -1.00. The molecule has 0 bridgehead atoms. The highest BCUT2D eigenvalue weighted by atomic mass is 28.3. The van der Waals surface area contributed by atoms with Crippen LogP contribution in [0, 0.1) is 0 Å². The van der Waals surface area contributed by atoms with Crippen LogP contribution in [0.3, 0.4) is 0 Å². The zero-order chi connectivity index (χ0) is 15.2. The number of hydrogen-bond donors (Lipinski definition) is 0. The molecule has 0 spiro atoms. The van der Waals surface area contributed by atoms with Crippen LogP contribution in [-0.4, -0.2) is 22.3 Å². The molecule has 0 radical (unpaired) electrons. The molecule has 0 saturated heterocycles. The van der Waals surface area contributed by atoms with E-state index < -0.39 is 9.04 Å². The fourth-order valence-electron chi connectivity index (χ4n) is 2.45. The van der Waals surface area contributed by atoms with E-state index in [9.17, 15) is 0 Å². The Morgan fingerprint density at radius 1 is 0.810 bits per heavy atom. The van der Waals surface area contributed by atoms with Gasteiger partial charge in [0.15, 0.2) is 9.04 Å². The van der Waals surface area contributed by atoms with Crippen molar-refractivity contribution in [3.05, 3.63) is 30.3 Å². The highest BCUT2D eigenvalue weighted by Crippen LogP contribution is 2.13. The Hall–Kier alpha value is -0.803. The van der Waals surface area contributed by atoms with Crippen molar-refractivity contribution >= 4 is 9.04 Å². The Morgan fingerprint density at radius 2 is 1.43 bits per heavy atom. The van der Waals surface area contributed by atoms with Crippen LogP contribution in [0.4, 0.5) is 0 Å². The van der Waals surface area contributed by atoms with Crippen molar-refractivity contribution < 1.29 is 9.16 Å². The maximum atomic E-state index is 6.17. The van der Waals surface area contributed by atoms with Gasteiger partial charge in [-0.05, 0) is 24.2 Å². The Kier molecular flexibility index (Phi) is 11.2. The van der Waals surface area contributed by atoms with Crippen molar-refractivity contribution in [3.63, 3.8) is 0 Å². The molecular weight excluding hydrogens is 276 g/mol. The zero-order valence-corrected chi connectivity index (χ0v) is 15.0. The van der Waals surface area contributed by atoms with E-state index in [1.165, 1.54) is 50.6 Å². The maximum absolute atomic E-state index is 6.17. The third kappa shape index (κ3) is 9.70. The first-order valence-corrected chi connectivity index (χ1v) is 10.8. The number of benzene rings is 1. The second kappa shape index (κ2) is 12.9. The molecule has 1 rings (SSSR count). The first-order valence-electron chi connectivity index (χ1n) is 8.66. The van der Waals surface area contributed by atoms with Crippen LogP contribution in [0.5, 0.6) is 5.75 Å². The number of hydrogen-bond acceptors (Lipinski definition) is 2. The van der Waals surface area contributed by atoms with Crippen LogP contribution in [0.15, 0.2) is 30.3 Å². The number of para-hydroxylation sites is 1. The second-order valence-electron chi connectivity index (χ2n) is 5.65.